The van der Waals surface area contributed by atoms with Crippen LogP contribution in [0.5, 0.6) is 5.75 Å². The van der Waals surface area contributed by atoms with Crippen molar-refractivity contribution in [1.82, 2.24) is 0 Å². The number of hydrogen-bond donors (Lipinski definition) is 0. The van der Waals surface area contributed by atoms with E-state index in [0.717, 1.165) is 0 Å². The van der Waals surface area contributed by atoms with E-state index in [2.05, 4.69) is 4.74 Å². The van der Waals surface area contributed by atoms with E-state index in [0.29, 0.717) is 0 Å². The number of rotatable bonds is 6. The Kier molecular flexibility index (Phi) is 8.24. The molecule has 0 saturated heterocycles. The van der Waals surface area contributed by atoms with Gasteiger partial charge in [-0.3, -0.25) is 0 Å². The minimum atomic E-state index is -7.05. The van der Waals surface area contributed by atoms with Gasteiger partial charge in [0, 0.05) is 0 Å². The van der Waals surface area contributed by atoms with E-state index in [4.69, 9.17) is 0 Å². The van der Waals surface area contributed by atoms with Crippen molar-refractivity contribution in [2.75, 3.05) is 0 Å². The van der Waals surface area contributed by atoms with Gasteiger partial charge in [-0.2, -0.15) is 43.9 Å². The minimum absolute atomic E-state index is 0. The van der Waals surface area contributed by atoms with Gasteiger partial charge < -0.3 is 9.29 Å². The maximum Gasteiger partial charge on any atom is 1.00 e. The number of benzene rings is 1. The van der Waals surface area contributed by atoms with Gasteiger partial charge in [-0.05, 0) is 24.3 Å². The van der Waals surface area contributed by atoms with Crippen molar-refractivity contribution in [2.45, 2.75) is 29.0 Å². The van der Waals surface area contributed by atoms with E-state index < -0.39 is 56.5 Å². The molecule has 29 heavy (non-hydrogen) atoms. The maximum atomic E-state index is 13.4. The molecule has 0 heterocycles. The second-order valence-corrected chi connectivity index (χ2v) is 6.20. The van der Waals surface area contributed by atoms with Gasteiger partial charge in [-0.1, -0.05) is 0 Å². The number of hydrogen-bond acceptors (Lipinski definition) is 4. The Balaban J connectivity index is 0.00000784. The average molecular weight is 476 g/mol. The fraction of sp³-hybridized carbons (Fsp3) is 0.333. The summed E-state index contributed by atoms with van der Waals surface area (Å²) in [5.41, 5.74) is 0. The molecule has 0 amide bonds. The van der Waals surface area contributed by atoms with Crippen molar-refractivity contribution >= 4 is 10.1 Å². The first-order valence-corrected chi connectivity index (χ1v) is 7.67. The fourth-order valence-electron chi connectivity index (χ4n) is 1.47. The van der Waals surface area contributed by atoms with Gasteiger partial charge in [0.1, 0.15) is 15.9 Å². The molecule has 0 aliphatic carbocycles. The van der Waals surface area contributed by atoms with Crippen LogP contribution in [0.2, 0.25) is 0 Å². The zero-order chi connectivity index (χ0) is 22.3. The van der Waals surface area contributed by atoms with Gasteiger partial charge in [0.05, 0.1) is 4.90 Å². The zero-order valence-corrected chi connectivity index (χ0v) is 16.3. The number of halogens is 11. The smallest absolute Gasteiger partial charge is 0.744 e. The van der Waals surface area contributed by atoms with Crippen LogP contribution in [0.15, 0.2) is 40.8 Å². The first kappa shape index (κ1) is 27.9. The molecule has 0 bridgehead atoms. The fourth-order valence-corrected chi connectivity index (χ4v) is 1.94. The molecule has 1 aromatic carbocycles. The summed E-state index contributed by atoms with van der Waals surface area (Å²) in [5.74, 6) is -24.4. The predicted molar refractivity (Wildman–Crippen MR) is 65.2 cm³/mol. The summed E-state index contributed by atoms with van der Waals surface area (Å²) in [6, 6.07) is 0.756. The van der Waals surface area contributed by atoms with E-state index in [-0.39, 0.29) is 53.8 Å². The van der Waals surface area contributed by atoms with Crippen LogP contribution in [0.4, 0.5) is 48.3 Å². The Morgan fingerprint density at radius 3 is 1.59 bits per heavy atom. The third-order valence-electron chi connectivity index (χ3n) is 2.84. The first-order chi connectivity index (χ1) is 12.2. The second-order valence-electron chi connectivity index (χ2n) is 4.82. The molecule has 4 nitrogen and oxygen atoms in total. The largest absolute Gasteiger partial charge is 1.00 e. The second kappa shape index (κ2) is 8.56. The van der Waals surface area contributed by atoms with Crippen molar-refractivity contribution in [3.8, 4) is 5.75 Å². The summed E-state index contributed by atoms with van der Waals surface area (Å²) in [6.45, 7) is 0. The molecule has 0 aromatic heterocycles. The molecule has 0 fully saturated rings. The van der Waals surface area contributed by atoms with Crippen LogP contribution < -0.4 is 34.3 Å². The SMILES string of the molecule is O=S(=O)([O-])c1ccc(OC(F)(F)C(F)(F)C(F)(F)/C(F)=C(\F)C(F)(F)F)cc1.[Na+]. The quantitative estimate of drug-likeness (QED) is 0.355. The molecular formula is C12H4F11NaO4S. The number of alkyl halides is 9. The first-order valence-electron chi connectivity index (χ1n) is 6.26. The summed E-state index contributed by atoms with van der Waals surface area (Å²) in [6.07, 6.45) is -12.9. The van der Waals surface area contributed by atoms with Crippen LogP contribution in [0.25, 0.3) is 0 Å². The van der Waals surface area contributed by atoms with Crippen molar-refractivity contribution in [3.05, 3.63) is 35.9 Å². The molecule has 0 N–H and O–H groups in total. The number of ether oxygens (including phenoxy) is 1. The Morgan fingerprint density at radius 1 is 0.828 bits per heavy atom. The molecule has 1 aromatic rings. The van der Waals surface area contributed by atoms with E-state index in [1.807, 2.05) is 0 Å². The van der Waals surface area contributed by atoms with Gasteiger partial charge in [-0.15, -0.1) is 0 Å². The van der Waals surface area contributed by atoms with Crippen LogP contribution in [0.3, 0.4) is 0 Å². The predicted octanol–water partition coefficient (Wildman–Crippen LogP) is 1.55. The van der Waals surface area contributed by atoms with Crippen molar-refractivity contribution < 1.29 is 95.6 Å². The van der Waals surface area contributed by atoms with Crippen LogP contribution in [-0.2, 0) is 10.1 Å². The van der Waals surface area contributed by atoms with Gasteiger partial charge in [0.2, 0.25) is 11.7 Å². The van der Waals surface area contributed by atoms with E-state index >= 15 is 0 Å². The van der Waals surface area contributed by atoms with Crippen molar-refractivity contribution in [3.63, 3.8) is 0 Å². The Hall–Kier alpha value is -1.10. The van der Waals surface area contributed by atoms with Gasteiger partial charge in [-0.25, -0.2) is 12.8 Å². The summed E-state index contributed by atoms with van der Waals surface area (Å²) >= 11 is 0. The number of allylic oxidation sites excluding steroid dienone is 2. The third kappa shape index (κ3) is 5.74. The van der Waals surface area contributed by atoms with Crippen LogP contribution >= 0.6 is 0 Å². The van der Waals surface area contributed by atoms with Gasteiger partial charge in [0.15, 0.2) is 0 Å². The van der Waals surface area contributed by atoms with Gasteiger partial charge >= 0.3 is 53.7 Å². The molecule has 0 unspecified atom stereocenters. The molecule has 17 heteroatoms. The third-order valence-corrected chi connectivity index (χ3v) is 3.69. The molecule has 0 atom stereocenters. The minimum Gasteiger partial charge on any atom is -0.744 e. The molecule has 0 aliphatic heterocycles. The Morgan fingerprint density at radius 2 is 1.24 bits per heavy atom. The van der Waals surface area contributed by atoms with E-state index in [1.54, 1.807) is 0 Å². The zero-order valence-electron chi connectivity index (χ0n) is 13.5. The van der Waals surface area contributed by atoms with Gasteiger partial charge in [0.25, 0.3) is 0 Å². The molecule has 0 radical (unpaired) electrons. The standard InChI is InChI=1S/C12H5F11O4S.Na/c13-7(8(14)10(17,18)19)9(15,16)11(20,21)12(22,23)27-5-1-3-6(4-2-5)28(24,25)26;/h1-4H,(H,24,25,26);/q;+1/p-1/b8-7+;. The van der Waals surface area contributed by atoms with E-state index in [1.165, 1.54) is 0 Å². The summed E-state index contributed by atoms with van der Waals surface area (Å²) in [7, 11) is -5.11. The Labute approximate surface area is 176 Å². The molecule has 0 aliphatic rings. The van der Waals surface area contributed by atoms with Crippen LogP contribution in [0.1, 0.15) is 0 Å². The average Bonchev–Trinajstić information content (AvgIpc) is 2.51. The molecular weight excluding hydrogens is 472 g/mol. The maximum absolute atomic E-state index is 13.4. The van der Waals surface area contributed by atoms with E-state index in [9.17, 15) is 61.3 Å². The normalized spacial score (nSPS) is 14.8. The molecule has 0 saturated carbocycles. The van der Waals surface area contributed by atoms with Crippen LogP contribution in [0, 0.1) is 0 Å². The van der Waals surface area contributed by atoms with Crippen molar-refractivity contribution in [2.24, 2.45) is 0 Å². The topological polar surface area (TPSA) is 66.4 Å². The molecule has 160 valence electrons. The Bertz CT molecular complexity index is 863. The summed E-state index contributed by atoms with van der Waals surface area (Å²) < 4.78 is 176. The summed E-state index contributed by atoms with van der Waals surface area (Å²) in [4.78, 5) is -1.07. The summed E-state index contributed by atoms with van der Waals surface area (Å²) in [5, 5.41) is 0. The monoisotopic (exact) mass is 476 g/mol. The van der Waals surface area contributed by atoms with Crippen molar-refractivity contribution in [1.29, 1.82) is 0 Å². The molecule has 0 spiro atoms. The van der Waals surface area contributed by atoms with Crippen LogP contribution in [-0.4, -0.2) is 37.1 Å². The molecule has 1 rings (SSSR count).